The number of carbonyl (C=O) groups excluding carboxylic acids is 2. The predicted molar refractivity (Wildman–Crippen MR) is 110 cm³/mol. The summed E-state index contributed by atoms with van der Waals surface area (Å²) in [5.41, 5.74) is -0.760. The number of hydrogen-bond acceptors (Lipinski definition) is 7. The summed E-state index contributed by atoms with van der Waals surface area (Å²) >= 11 is 0. The third-order valence-electron chi connectivity index (χ3n) is 4.34. The van der Waals surface area contributed by atoms with E-state index in [1.807, 2.05) is 0 Å². The average Bonchev–Trinajstić information content (AvgIpc) is 2.79. The Morgan fingerprint density at radius 2 is 0.818 bits per heavy atom. The van der Waals surface area contributed by atoms with Crippen molar-refractivity contribution in [3.63, 3.8) is 0 Å². The Balaban J connectivity index is 1.85. The molecule has 0 atom stereocenters. The fraction of sp³-hybridized carbons (Fsp3) is 0. The molecule has 0 aliphatic rings. The van der Waals surface area contributed by atoms with Crippen LogP contribution in [0.15, 0.2) is 66.7 Å². The van der Waals surface area contributed by atoms with Gasteiger partial charge >= 0.3 is 29.8 Å². The molecule has 3 aromatic carbocycles. The van der Waals surface area contributed by atoms with Gasteiger partial charge < -0.3 is 24.8 Å². The van der Waals surface area contributed by atoms with E-state index in [0.717, 1.165) is 0 Å². The number of carboxylic acids is 3. The Kier molecular flexibility index (Phi) is 6.49. The number of carbonyl (C=O) groups is 5. The molecule has 0 aromatic heterocycles. The summed E-state index contributed by atoms with van der Waals surface area (Å²) in [5, 5.41) is 27.4. The molecule has 10 heteroatoms. The molecule has 0 radical (unpaired) electrons. The molecule has 0 aliphatic carbocycles. The van der Waals surface area contributed by atoms with Crippen LogP contribution < -0.4 is 9.47 Å². The second kappa shape index (κ2) is 9.43. The maximum atomic E-state index is 12.4. The van der Waals surface area contributed by atoms with Crippen LogP contribution in [-0.2, 0) is 0 Å². The van der Waals surface area contributed by atoms with Crippen molar-refractivity contribution in [1.29, 1.82) is 0 Å². The number of esters is 2. The van der Waals surface area contributed by atoms with Crippen molar-refractivity contribution in [2.24, 2.45) is 0 Å². The van der Waals surface area contributed by atoms with Crippen molar-refractivity contribution < 1.29 is 48.8 Å². The van der Waals surface area contributed by atoms with Crippen LogP contribution in [-0.4, -0.2) is 45.2 Å². The highest BCUT2D eigenvalue weighted by Crippen LogP contribution is 2.30. The lowest BCUT2D eigenvalue weighted by Gasteiger charge is -2.12. The number of aromatic carboxylic acids is 3. The molecule has 0 fully saturated rings. The van der Waals surface area contributed by atoms with Crippen LogP contribution in [0.1, 0.15) is 51.8 Å². The summed E-state index contributed by atoms with van der Waals surface area (Å²) in [4.78, 5) is 58.4. The first-order valence-corrected chi connectivity index (χ1v) is 9.14. The van der Waals surface area contributed by atoms with Gasteiger partial charge in [0.15, 0.2) is 0 Å². The zero-order chi connectivity index (χ0) is 24.1. The lowest BCUT2D eigenvalue weighted by molar-refractivity contribution is 0.0655. The average molecular weight is 450 g/mol. The lowest BCUT2D eigenvalue weighted by atomic mass is 10.1. The van der Waals surface area contributed by atoms with Gasteiger partial charge in [0.2, 0.25) is 0 Å². The summed E-state index contributed by atoms with van der Waals surface area (Å²) in [5.74, 6) is -6.62. The Bertz CT molecular complexity index is 1170. The smallest absolute Gasteiger partial charge is 0.343 e. The molecule has 0 amide bonds. The first-order valence-electron chi connectivity index (χ1n) is 9.14. The molecule has 0 unspecified atom stereocenters. The maximum absolute atomic E-state index is 12.4. The topological polar surface area (TPSA) is 164 Å². The van der Waals surface area contributed by atoms with Gasteiger partial charge in [-0.05, 0) is 60.7 Å². The van der Waals surface area contributed by atoms with E-state index in [1.165, 1.54) is 66.7 Å². The van der Waals surface area contributed by atoms with Gasteiger partial charge in [0.25, 0.3) is 0 Å². The number of benzene rings is 3. The first-order chi connectivity index (χ1) is 15.7. The van der Waals surface area contributed by atoms with E-state index in [0.29, 0.717) is 0 Å². The molecule has 0 spiro atoms. The van der Waals surface area contributed by atoms with Gasteiger partial charge in [-0.15, -0.1) is 0 Å². The molecule has 0 heterocycles. The van der Waals surface area contributed by atoms with Crippen molar-refractivity contribution in [2.75, 3.05) is 0 Å². The van der Waals surface area contributed by atoms with Crippen LogP contribution in [0.2, 0.25) is 0 Å². The van der Waals surface area contributed by atoms with Gasteiger partial charge in [0.1, 0.15) is 17.1 Å². The van der Waals surface area contributed by atoms with Gasteiger partial charge in [0.05, 0.1) is 22.3 Å². The largest absolute Gasteiger partial charge is 0.478 e. The van der Waals surface area contributed by atoms with Crippen molar-refractivity contribution in [3.8, 4) is 11.5 Å². The second-order valence-electron chi connectivity index (χ2n) is 6.48. The zero-order valence-corrected chi connectivity index (χ0v) is 16.6. The molecule has 0 saturated heterocycles. The highest BCUT2D eigenvalue weighted by atomic mass is 16.5. The van der Waals surface area contributed by atoms with Crippen LogP contribution in [0.25, 0.3) is 0 Å². The van der Waals surface area contributed by atoms with Gasteiger partial charge in [-0.1, -0.05) is 6.07 Å². The van der Waals surface area contributed by atoms with Crippen LogP contribution in [0.3, 0.4) is 0 Å². The highest BCUT2D eigenvalue weighted by Gasteiger charge is 2.23. The molecule has 3 N–H and O–H groups in total. The SMILES string of the molecule is O=C(O)c1ccc(C(=O)Oc2cccc(OC(=O)c3ccc(C(=O)O)cc3)c2C(=O)O)cc1. The van der Waals surface area contributed by atoms with Crippen LogP contribution in [0.4, 0.5) is 0 Å². The van der Waals surface area contributed by atoms with Crippen molar-refractivity contribution >= 4 is 29.8 Å². The van der Waals surface area contributed by atoms with Crippen molar-refractivity contribution in [3.05, 3.63) is 94.5 Å². The molecular weight excluding hydrogens is 436 g/mol. The highest BCUT2D eigenvalue weighted by molar-refractivity contribution is 6.00. The zero-order valence-electron chi connectivity index (χ0n) is 16.6. The van der Waals surface area contributed by atoms with Crippen LogP contribution in [0, 0.1) is 0 Å². The minimum Gasteiger partial charge on any atom is -0.478 e. The molecule has 0 saturated carbocycles. The number of rotatable bonds is 7. The molecule has 3 rings (SSSR count). The van der Waals surface area contributed by atoms with Gasteiger partial charge in [-0.3, -0.25) is 0 Å². The monoisotopic (exact) mass is 450 g/mol. The van der Waals surface area contributed by atoms with Gasteiger partial charge in [-0.25, -0.2) is 24.0 Å². The van der Waals surface area contributed by atoms with Crippen LogP contribution in [0.5, 0.6) is 11.5 Å². The molecule has 0 aliphatic heterocycles. The minimum atomic E-state index is -1.54. The van der Waals surface area contributed by atoms with E-state index >= 15 is 0 Å². The van der Waals surface area contributed by atoms with E-state index in [1.54, 1.807) is 0 Å². The minimum absolute atomic E-state index is 0.0303. The van der Waals surface area contributed by atoms with E-state index in [9.17, 15) is 29.1 Å². The molecular formula is C23H14O10. The molecule has 10 nitrogen and oxygen atoms in total. The Labute approximate surface area is 185 Å². The predicted octanol–water partition coefficient (Wildman–Crippen LogP) is 3.22. The van der Waals surface area contributed by atoms with E-state index in [2.05, 4.69) is 0 Å². The van der Waals surface area contributed by atoms with Gasteiger partial charge in [0, 0.05) is 0 Å². The summed E-state index contributed by atoms with van der Waals surface area (Å²) < 4.78 is 10.3. The van der Waals surface area contributed by atoms with Gasteiger partial charge in [-0.2, -0.15) is 0 Å². The van der Waals surface area contributed by atoms with E-state index in [-0.39, 0.29) is 22.3 Å². The summed E-state index contributed by atoms with van der Waals surface area (Å²) in [6.45, 7) is 0. The lowest BCUT2D eigenvalue weighted by Crippen LogP contribution is -2.15. The van der Waals surface area contributed by atoms with Crippen LogP contribution >= 0.6 is 0 Å². The second-order valence-corrected chi connectivity index (χ2v) is 6.48. The van der Waals surface area contributed by atoms with E-state index in [4.69, 9.17) is 19.7 Å². The van der Waals surface area contributed by atoms with Crippen molar-refractivity contribution in [2.45, 2.75) is 0 Å². The summed E-state index contributed by atoms with van der Waals surface area (Å²) in [6, 6.07) is 13.2. The molecule has 33 heavy (non-hydrogen) atoms. The number of hydrogen-bond donors (Lipinski definition) is 3. The molecule has 166 valence electrons. The fourth-order valence-electron chi connectivity index (χ4n) is 2.71. The number of carboxylic acid groups (broad SMARTS) is 3. The Morgan fingerprint density at radius 1 is 0.485 bits per heavy atom. The Hall–Kier alpha value is -4.99. The maximum Gasteiger partial charge on any atom is 0.343 e. The quantitative estimate of drug-likeness (QED) is 0.359. The summed E-state index contributed by atoms with van der Waals surface area (Å²) in [6.07, 6.45) is 0. The normalized spacial score (nSPS) is 10.2. The third kappa shape index (κ3) is 5.20. The van der Waals surface area contributed by atoms with E-state index < -0.39 is 46.9 Å². The fourth-order valence-corrected chi connectivity index (χ4v) is 2.71. The molecule has 0 bridgehead atoms. The molecule has 3 aromatic rings. The van der Waals surface area contributed by atoms with Crippen molar-refractivity contribution in [1.82, 2.24) is 0 Å². The summed E-state index contributed by atoms with van der Waals surface area (Å²) in [7, 11) is 0. The Morgan fingerprint density at radius 3 is 1.12 bits per heavy atom. The number of ether oxygens (including phenoxy) is 2. The standard InChI is InChI=1S/C23H14O10/c24-19(25)12-4-8-14(9-5-12)22(30)32-16-2-1-3-17(18(16)21(28)29)33-23(31)15-10-6-13(7-11-15)20(26)27/h1-11H,(H,24,25)(H,26,27)(H,28,29). The third-order valence-corrected chi connectivity index (χ3v) is 4.34. The first kappa shape index (κ1) is 22.7.